The van der Waals surface area contributed by atoms with Gasteiger partial charge in [0, 0.05) is 12.2 Å². The van der Waals surface area contributed by atoms with Crippen molar-refractivity contribution in [3.05, 3.63) is 29.3 Å². The first-order valence-corrected chi connectivity index (χ1v) is 10.2. The van der Waals surface area contributed by atoms with Gasteiger partial charge in [0.2, 0.25) is 0 Å². The SMILES string of the molecule is CCCCCCCCCCCCNC(=O)C(=O)Nc1ccc(C)c(C)c1. The standard InChI is InChI=1S/C22H36N2O2/c1-4-5-6-7-8-9-10-11-12-13-16-23-21(25)22(26)24-20-15-14-18(2)19(3)17-20/h14-15,17H,4-13,16H2,1-3H3,(H,23,25)(H,24,26). The number of hydrogen-bond donors (Lipinski definition) is 2. The van der Waals surface area contributed by atoms with E-state index >= 15 is 0 Å². The molecule has 0 radical (unpaired) electrons. The van der Waals surface area contributed by atoms with Crippen molar-refractivity contribution in [3.63, 3.8) is 0 Å². The van der Waals surface area contributed by atoms with Crippen molar-refractivity contribution in [2.45, 2.75) is 85.0 Å². The molecular weight excluding hydrogens is 324 g/mol. The average Bonchev–Trinajstić information content (AvgIpc) is 2.62. The van der Waals surface area contributed by atoms with Gasteiger partial charge in [-0.05, 0) is 43.5 Å². The minimum Gasteiger partial charge on any atom is -0.348 e. The number of hydrogen-bond acceptors (Lipinski definition) is 2. The van der Waals surface area contributed by atoms with Gasteiger partial charge in [0.15, 0.2) is 0 Å². The normalized spacial score (nSPS) is 10.6. The van der Waals surface area contributed by atoms with E-state index in [9.17, 15) is 9.59 Å². The molecule has 2 amide bonds. The molecule has 1 rings (SSSR count). The average molecular weight is 361 g/mol. The third kappa shape index (κ3) is 9.59. The van der Waals surface area contributed by atoms with Gasteiger partial charge in [-0.25, -0.2) is 0 Å². The highest BCUT2D eigenvalue weighted by Crippen LogP contribution is 2.14. The summed E-state index contributed by atoms with van der Waals surface area (Å²) >= 11 is 0. The number of amides is 2. The summed E-state index contributed by atoms with van der Waals surface area (Å²) in [5.41, 5.74) is 2.91. The minimum atomic E-state index is -0.597. The molecule has 0 heterocycles. The van der Waals surface area contributed by atoms with Crippen LogP contribution in [-0.4, -0.2) is 18.4 Å². The highest BCUT2D eigenvalue weighted by atomic mass is 16.2. The molecule has 0 aliphatic rings. The van der Waals surface area contributed by atoms with Crippen LogP contribution in [0.3, 0.4) is 0 Å². The number of unbranched alkanes of at least 4 members (excludes halogenated alkanes) is 9. The lowest BCUT2D eigenvalue weighted by Crippen LogP contribution is -2.35. The smallest absolute Gasteiger partial charge is 0.313 e. The topological polar surface area (TPSA) is 58.2 Å². The summed E-state index contributed by atoms with van der Waals surface area (Å²) < 4.78 is 0. The Kier molecular flexibility index (Phi) is 11.4. The van der Waals surface area contributed by atoms with Gasteiger partial charge in [-0.15, -0.1) is 0 Å². The molecule has 0 aromatic heterocycles. The molecule has 26 heavy (non-hydrogen) atoms. The molecule has 0 spiro atoms. The van der Waals surface area contributed by atoms with Crippen molar-refractivity contribution in [1.82, 2.24) is 5.32 Å². The molecule has 0 aliphatic heterocycles. The largest absolute Gasteiger partial charge is 0.348 e. The quantitative estimate of drug-likeness (QED) is 0.393. The second-order valence-electron chi connectivity index (χ2n) is 7.19. The fraction of sp³-hybridized carbons (Fsp3) is 0.636. The van der Waals surface area contributed by atoms with E-state index in [4.69, 9.17) is 0 Å². The second-order valence-corrected chi connectivity index (χ2v) is 7.19. The van der Waals surface area contributed by atoms with Gasteiger partial charge in [-0.3, -0.25) is 9.59 Å². The van der Waals surface area contributed by atoms with Crippen LogP contribution in [0, 0.1) is 13.8 Å². The summed E-state index contributed by atoms with van der Waals surface area (Å²) in [7, 11) is 0. The van der Waals surface area contributed by atoms with Crippen LogP contribution < -0.4 is 10.6 Å². The molecule has 0 saturated heterocycles. The van der Waals surface area contributed by atoms with Crippen LogP contribution in [0.5, 0.6) is 0 Å². The van der Waals surface area contributed by atoms with E-state index in [0.29, 0.717) is 12.2 Å². The van der Waals surface area contributed by atoms with Gasteiger partial charge >= 0.3 is 11.8 Å². The molecular formula is C22H36N2O2. The maximum atomic E-state index is 11.9. The molecule has 1 aromatic rings. The molecule has 0 bridgehead atoms. The zero-order valence-electron chi connectivity index (χ0n) is 16.8. The fourth-order valence-corrected chi connectivity index (χ4v) is 2.90. The lowest BCUT2D eigenvalue weighted by molar-refractivity contribution is -0.136. The second kappa shape index (κ2) is 13.4. The minimum absolute atomic E-state index is 0.556. The third-order valence-corrected chi connectivity index (χ3v) is 4.79. The number of carbonyl (C=O) groups is 2. The Hall–Kier alpha value is -1.84. The maximum absolute atomic E-state index is 11.9. The molecule has 0 unspecified atom stereocenters. The number of rotatable bonds is 12. The van der Waals surface area contributed by atoms with E-state index in [0.717, 1.165) is 24.0 Å². The summed E-state index contributed by atoms with van der Waals surface area (Å²) in [6, 6.07) is 5.63. The molecule has 0 atom stereocenters. The van der Waals surface area contributed by atoms with Gasteiger partial charge in [0.25, 0.3) is 0 Å². The molecule has 4 heteroatoms. The highest BCUT2D eigenvalue weighted by Gasteiger charge is 2.13. The number of aryl methyl sites for hydroxylation is 2. The monoisotopic (exact) mass is 360 g/mol. The molecule has 4 nitrogen and oxygen atoms in total. The Morgan fingerprint density at radius 1 is 0.769 bits per heavy atom. The molecule has 0 aliphatic carbocycles. The Balaban J connectivity index is 2.05. The summed E-state index contributed by atoms with van der Waals surface area (Å²) in [6.07, 6.45) is 12.6. The number of nitrogens with one attached hydrogen (secondary N) is 2. The summed E-state index contributed by atoms with van der Waals surface area (Å²) in [6.45, 7) is 6.80. The molecule has 146 valence electrons. The van der Waals surface area contributed by atoms with Crippen LogP contribution in [0.2, 0.25) is 0 Å². The van der Waals surface area contributed by atoms with Crippen LogP contribution in [-0.2, 0) is 9.59 Å². The zero-order valence-corrected chi connectivity index (χ0v) is 16.8. The maximum Gasteiger partial charge on any atom is 0.313 e. The van der Waals surface area contributed by atoms with E-state index in [1.54, 1.807) is 0 Å². The highest BCUT2D eigenvalue weighted by molar-refractivity contribution is 6.39. The number of carbonyl (C=O) groups excluding carboxylic acids is 2. The van der Waals surface area contributed by atoms with Gasteiger partial charge < -0.3 is 10.6 Å². The lowest BCUT2D eigenvalue weighted by atomic mass is 10.1. The van der Waals surface area contributed by atoms with Crippen molar-refractivity contribution in [2.24, 2.45) is 0 Å². The Morgan fingerprint density at radius 2 is 1.35 bits per heavy atom. The van der Waals surface area contributed by atoms with Gasteiger partial charge in [-0.1, -0.05) is 70.8 Å². The van der Waals surface area contributed by atoms with Crippen LogP contribution in [0.1, 0.15) is 82.3 Å². The van der Waals surface area contributed by atoms with Crippen molar-refractivity contribution >= 4 is 17.5 Å². The number of anilines is 1. The van der Waals surface area contributed by atoms with Gasteiger partial charge in [0.05, 0.1) is 0 Å². The number of benzene rings is 1. The van der Waals surface area contributed by atoms with Crippen molar-refractivity contribution < 1.29 is 9.59 Å². The first-order chi connectivity index (χ1) is 12.5. The van der Waals surface area contributed by atoms with Crippen molar-refractivity contribution in [2.75, 3.05) is 11.9 Å². The molecule has 2 N–H and O–H groups in total. The first kappa shape index (κ1) is 22.2. The van der Waals surface area contributed by atoms with Crippen LogP contribution in [0.4, 0.5) is 5.69 Å². The molecule has 1 aromatic carbocycles. The predicted molar refractivity (Wildman–Crippen MR) is 109 cm³/mol. The van der Waals surface area contributed by atoms with Crippen LogP contribution in [0.25, 0.3) is 0 Å². The van der Waals surface area contributed by atoms with Crippen molar-refractivity contribution in [3.8, 4) is 0 Å². The lowest BCUT2D eigenvalue weighted by Gasteiger charge is -2.08. The van der Waals surface area contributed by atoms with E-state index in [1.807, 2.05) is 32.0 Å². The van der Waals surface area contributed by atoms with Crippen LogP contribution in [0.15, 0.2) is 18.2 Å². The first-order valence-electron chi connectivity index (χ1n) is 10.2. The van der Waals surface area contributed by atoms with Gasteiger partial charge in [0.1, 0.15) is 0 Å². The van der Waals surface area contributed by atoms with Gasteiger partial charge in [-0.2, -0.15) is 0 Å². The third-order valence-electron chi connectivity index (χ3n) is 4.79. The fourth-order valence-electron chi connectivity index (χ4n) is 2.90. The zero-order chi connectivity index (χ0) is 19.2. The van der Waals surface area contributed by atoms with E-state index < -0.39 is 11.8 Å². The Bertz CT molecular complexity index is 555. The van der Waals surface area contributed by atoms with Crippen molar-refractivity contribution in [1.29, 1.82) is 0 Å². The van der Waals surface area contributed by atoms with Crippen LogP contribution >= 0.6 is 0 Å². The van der Waals surface area contributed by atoms with E-state index in [2.05, 4.69) is 17.6 Å². The van der Waals surface area contributed by atoms with E-state index in [1.165, 1.54) is 51.4 Å². The predicted octanol–water partition coefficient (Wildman–Crippen LogP) is 5.28. The summed E-state index contributed by atoms with van der Waals surface area (Å²) in [5, 5.41) is 5.35. The summed E-state index contributed by atoms with van der Waals surface area (Å²) in [4.78, 5) is 23.7. The Labute approximate surface area is 159 Å². The van der Waals surface area contributed by atoms with E-state index in [-0.39, 0.29) is 0 Å². The molecule has 0 fully saturated rings. The Morgan fingerprint density at radius 3 is 1.92 bits per heavy atom. The summed E-state index contributed by atoms with van der Waals surface area (Å²) in [5.74, 6) is -1.15. The molecule has 0 saturated carbocycles.